The molecule has 27 heavy (non-hydrogen) atoms. The number of ether oxygens (including phenoxy) is 1. The molecule has 2 aromatic rings. The smallest absolute Gasteiger partial charge is 0.292 e. The van der Waals surface area contributed by atoms with E-state index in [2.05, 4.69) is 16.6 Å². The lowest BCUT2D eigenvalue weighted by atomic mass is 9.92. The van der Waals surface area contributed by atoms with Crippen molar-refractivity contribution in [3.63, 3.8) is 0 Å². The lowest BCUT2D eigenvalue weighted by Crippen LogP contribution is -2.42. The van der Waals surface area contributed by atoms with E-state index >= 15 is 0 Å². The molecule has 2 amide bonds. The fraction of sp³-hybridized carbons (Fsp3) is 0.526. The Bertz CT molecular complexity index is 824. The molecular formula is C19H23N3O4S. The molecule has 1 saturated carbocycles. The van der Waals surface area contributed by atoms with E-state index in [0.29, 0.717) is 25.5 Å². The van der Waals surface area contributed by atoms with E-state index in [0.717, 1.165) is 19.3 Å². The highest BCUT2D eigenvalue weighted by atomic mass is 32.1. The van der Waals surface area contributed by atoms with Gasteiger partial charge in [-0.25, -0.2) is 0 Å². The molecule has 7 nitrogen and oxygen atoms in total. The summed E-state index contributed by atoms with van der Waals surface area (Å²) >= 11 is 1.65. The molecule has 1 spiro atoms. The van der Waals surface area contributed by atoms with Crippen molar-refractivity contribution < 1.29 is 18.8 Å². The second-order valence-corrected chi connectivity index (χ2v) is 8.17. The molecule has 1 saturated heterocycles. The number of methoxy groups -OCH3 is 1. The number of hydrogen-bond donors (Lipinski definition) is 0. The lowest BCUT2D eigenvalue weighted by Gasteiger charge is -2.34. The monoisotopic (exact) mass is 389 g/mol. The molecule has 2 aliphatic rings. The van der Waals surface area contributed by atoms with Crippen LogP contribution in [-0.4, -0.2) is 53.0 Å². The molecule has 2 aromatic heterocycles. The molecule has 1 atom stereocenters. The van der Waals surface area contributed by atoms with Crippen molar-refractivity contribution in [3.05, 3.63) is 34.2 Å². The Kier molecular flexibility index (Phi) is 4.67. The Morgan fingerprint density at radius 2 is 2.22 bits per heavy atom. The van der Waals surface area contributed by atoms with Gasteiger partial charge in [-0.15, -0.1) is 0 Å². The summed E-state index contributed by atoms with van der Waals surface area (Å²) in [4.78, 5) is 28.6. The minimum Gasteiger partial charge on any atom is -0.479 e. The van der Waals surface area contributed by atoms with E-state index in [1.807, 2.05) is 10.3 Å². The molecule has 3 heterocycles. The third-order valence-corrected chi connectivity index (χ3v) is 6.55. The molecule has 4 rings (SSSR count). The van der Waals surface area contributed by atoms with E-state index in [1.165, 1.54) is 18.7 Å². The van der Waals surface area contributed by atoms with Gasteiger partial charge in [0.1, 0.15) is 0 Å². The van der Waals surface area contributed by atoms with E-state index in [9.17, 15) is 9.59 Å². The van der Waals surface area contributed by atoms with Gasteiger partial charge in [0, 0.05) is 32.6 Å². The van der Waals surface area contributed by atoms with Gasteiger partial charge in [-0.2, -0.15) is 11.3 Å². The van der Waals surface area contributed by atoms with Gasteiger partial charge < -0.3 is 19.1 Å². The van der Waals surface area contributed by atoms with Crippen molar-refractivity contribution in [1.29, 1.82) is 0 Å². The third-order valence-electron chi connectivity index (χ3n) is 5.82. The van der Waals surface area contributed by atoms with Crippen LogP contribution in [0.15, 0.2) is 27.4 Å². The SMILES string of the molecule is COc1cc(C(=O)N2CCC3(CC2)C[C@@H]3N(Cc2ccsc2)C(C)=O)on1. The van der Waals surface area contributed by atoms with Crippen molar-refractivity contribution in [1.82, 2.24) is 15.0 Å². The molecule has 0 aromatic carbocycles. The maximum absolute atomic E-state index is 12.6. The van der Waals surface area contributed by atoms with E-state index in [4.69, 9.17) is 9.26 Å². The van der Waals surface area contributed by atoms with Crippen molar-refractivity contribution in [2.75, 3.05) is 20.2 Å². The van der Waals surface area contributed by atoms with Gasteiger partial charge in [0.05, 0.1) is 13.2 Å². The summed E-state index contributed by atoms with van der Waals surface area (Å²) in [6.07, 6.45) is 2.83. The zero-order chi connectivity index (χ0) is 19.0. The highest BCUT2D eigenvalue weighted by molar-refractivity contribution is 7.07. The zero-order valence-corrected chi connectivity index (χ0v) is 16.3. The van der Waals surface area contributed by atoms with Crippen LogP contribution in [0.3, 0.4) is 0 Å². The van der Waals surface area contributed by atoms with Gasteiger partial charge in [-0.05, 0) is 52.2 Å². The average Bonchev–Trinajstić information content (AvgIpc) is 3.08. The minimum atomic E-state index is -0.153. The lowest BCUT2D eigenvalue weighted by molar-refractivity contribution is -0.130. The third kappa shape index (κ3) is 3.45. The quantitative estimate of drug-likeness (QED) is 0.786. The number of hydrogen-bond acceptors (Lipinski definition) is 6. The number of nitrogens with zero attached hydrogens (tertiary/aromatic N) is 3. The summed E-state index contributed by atoms with van der Waals surface area (Å²) in [5, 5.41) is 7.83. The first-order chi connectivity index (χ1) is 13.0. The molecule has 0 N–H and O–H groups in total. The van der Waals surface area contributed by atoms with Crippen LogP contribution in [0, 0.1) is 5.41 Å². The number of rotatable bonds is 5. The van der Waals surface area contributed by atoms with Crippen LogP contribution < -0.4 is 4.74 Å². The number of aromatic nitrogens is 1. The standard InChI is InChI=1S/C19H23N3O4S/c1-13(23)22(11-14-3-8-27-12-14)16-10-19(16)4-6-21(7-5-19)18(24)15-9-17(25-2)20-26-15/h3,8-9,12,16H,4-7,10-11H2,1-2H3/t16-/m0/s1. The molecule has 1 aliphatic heterocycles. The van der Waals surface area contributed by atoms with Gasteiger partial charge in [0.2, 0.25) is 11.7 Å². The van der Waals surface area contributed by atoms with Crippen LogP contribution in [0.2, 0.25) is 0 Å². The van der Waals surface area contributed by atoms with Crippen LogP contribution in [-0.2, 0) is 11.3 Å². The molecule has 144 valence electrons. The fourth-order valence-electron chi connectivity index (χ4n) is 4.09. The first-order valence-corrected chi connectivity index (χ1v) is 10.0. The summed E-state index contributed by atoms with van der Waals surface area (Å²) in [5.41, 5.74) is 1.33. The van der Waals surface area contributed by atoms with Crippen LogP contribution >= 0.6 is 11.3 Å². The molecule has 0 radical (unpaired) electrons. The number of amides is 2. The molecule has 0 bridgehead atoms. The molecule has 0 unspecified atom stereocenters. The second-order valence-electron chi connectivity index (χ2n) is 7.39. The van der Waals surface area contributed by atoms with Gasteiger partial charge in [0.15, 0.2) is 0 Å². The Labute approximate surface area is 161 Å². The summed E-state index contributed by atoms with van der Waals surface area (Å²) in [6, 6.07) is 3.87. The number of carbonyl (C=O) groups excluding carboxylic acids is 2. The van der Waals surface area contributed by atoms with Crippen molar-refractivity contribution in [2.45, 2.75) is 38.8 Å². The largest absolute Gasteiger partial charge is 0.479 e. The fourth-order valence-corrected chi connectivity index (χ4v) is 4.75. The normalized spacial score (nSPS) is 20.5. The molecule has 1 aliphatic carbocycles. The maximum atomic E-state index is 12.6. The van der Waals surface area contributed by atoms with Crippen molar-refractivity contribution in [2.24, 2.45) is 5.41 Å². The number of piperidine rings is 1. The maximum Gasteiger partial charge on any atom is 0.292 e. The Morgan fingerprint density at radius 1 is 1.44 bits per heavy atom. The van der Waals surface area contributed by atoms with E-state index < -0.39 is 0 Å². The number of thiophene rings is 1. The molecule has 8 heteroatoms. The number of carbonyl (C=O) groups is 2. The summed E-state index contributed by atoms with van der Waals surface area (Å²) in [7, 11) is 1.49. The van der Waals surface area contributed by atoms with E-state index in [1.54, 1.807) is 23.2 Å². The predicted molar refractivity (Wildman–Crippen MR) is 99.6 cm³/mol. The van der Waals surface area contributed by atoms with Crippen molar-refractivity contribution >= 4 is 23.2 Å². The van der Waals surface area contributed by atoms with Crippen LogP contribution in [0.25, 0.3) is 0 Å². The summed E-state index contributed by atoms with van der Waals surface area (Å²) in [6.45, 7) is 3.66. The Hall–Kier alpha value is -2.35. The van der Waals surface area contributed by atoms with Gasteiger partial charge in [-0.1, -0.05) is 0 Å². The topological polar surface area (TPSA) is 75.9 Å². The summed E-state index contributed by atoms with van der Waals surface area (Å²) < 4.78 is 10.0. The molecule has 2 fully saturated rings. The van der Waals surface area contributed by atoms with Crippen LogP contribution in [0.5, 0.6) is 5.88 Å². The highest BCUT2D eigenvalue weighted by Crippen LogP contribution is 2.57. The summed E-state index contributed by atoms with van der Waals surface area (Å²) in [5.74, 6) is 0.479. The second kappa shape index (κ2) is 6.99. The van der Waals surface area contributed by atoms with Gasteiger partial charge in [-0.3, -0.25) is 9.59 Å². The van der Waals surface area contributed by atoms with E-state index in [-0.39, 0.29) is 29.0 Å². The zero-order valence-electron chi connectivity index (χ0n) is 15.5. The Balaban J connectivity index is 1.37. The average molecular weight is 389 g/mol. The predicted octanol–water partition coefficient (Wildman–Crippen LogP) is 2.79. The Morgan fingerprint density at radius 3 is 2.81 bits per heavy atom. The first-order valence-electron chi connectivity index (χ1n) is 9.11. The number of likely N-dealkylation sites (tertiary alicyclic amines) is 1. The highest BCUT2D eigenvalue weighted by Gasteiger charge is 2.58. The minimum absolute atomic E-state index is 0.121. The van der Waals surface area contributed by atoms with Gasteiger partial charge >= 0.3 is 0 Å². The van der Waals surface area contributed by atoms with Gasteiger partial charge in [0.25, 0.3) is 11.8 Å². The first kappa shape index (κ1) is 18.0. The van der Waals surface area contributed by atoms with Crippen LogP contribution in [0.1, 0.15) is 42.3 Å². The van der Waals surface area contributed by atoms with Crippen LogP contribution in [0.4, 0.5) is 0 Å². The molecular weight excluding hydrogens is 366 g/mol. The van der Waals surface area contributed by atoms with Crippen molar-refractivity contribution in [3.8, 4) is 5.88 Å².